The van der Waals surface area contributed by atoms with Crippen molar-refractivity contribution in [1.82, 2.24) is 5.32 Å². The Bertz CT molecular complexity index is 320. The average Bonchev–Trinajstić information content (AvgIpc) is 2.24. The summed E-state index contributed by atoms with van der Waals surface area (Å²) in [7, 11) is 0. The zero-order chi connectivity index (χ0) is 12.9. The monoisotopic (exact) mass is 234 g/mol. The van der Waals surface area contributed by atoms with Crippen LogP contribution in [0.2, 0.25) is 0 Å². The fraction of sp³-hybridized carbons (Fsp3) is 0.600. The van der Waals surface area contributed by atoms with Gasteiger partial charge in [0.2, 0.25) is 0 Å². The van der Waals surface area contributed by atoms with Crippen LogP contribution < -0.4 is 11.1 Å². The highest BCUT2D eigenvalue weighted by molar-refractivity contribution is 5.24. The number of hydrogen-bond acceptors (Lipinski definition) is 2. The van der Waals surface area contributed by atoms with E-state index in [1.165, 1.54) is 11.1 Å². The van der Waals surface area contributed by atoms with Gasteiger partial charge >= 0.3 is 0 Å². The highest BCUT2D eigenvalue weighted by Gasteiger charge is 2.08. The molecule has 0 unspecified atom stereocenters. The summed E-state index contributed by atoms with van der Waals surface area (Å²) in [6, 6.07) is 8.91. The van der Waals surface area contributed by atoms with Gasteiger partial charge in [-0.1, -0.05) is 38.1 Å². The van der Waals surface area contributed by atoms with E-state index in [1.807, 2.05) is 13.8 Å². The summed E-state index contributed by atoms with van der Waals surface area (Å²) in [5.74, 6) is 0.611. The van der Waals surface area contributed by atoms with Gasteiger partial charge in [0.15, 0.2) is 0 Å². The molecule has 0 bridgehead atoms. The molecule has 3 N–H and O–H groups in total. The van der Waals surface area contributed by atoms with Gasteiger partial charge in [-0.2, -0.15) is 0 Å². The Labute approximate surface area is 106 Å². The van der Waals surface area contributed by atoms with Gasteiger partial charge in [-0.05, 0) is 43.9 Å². The summed E-state index contributed by atoms with van der Waals surface area (Å²) in [6.07, 6.45) is 1.06. The minimum atomic E-state index is -0.124. The summed E-state index contributed by atoms with van der Waals surface area (Å²) in [5.41, 5.74) is 8.58. The second kappa shape index (κ2) is 6.18. The van der Waals surface area contributed by atoms with E-state index in [1.54, 1.807) is 0 Å². The molecule has 0 aliphatic rings. The van der Waals surface area contributed by atoms with Gasteiger partial charge < -0.3 is 11.1 Å². The quantitative estimate of drug-likeness (QED) is 0.743. The first-order valence-corrected chi connectivity index (χ1v) is 6.47. The zero-order valence-electron chi connectivity index (χ0n) is 11.6. The van der Waals surface area contributed by atoms with E-state index in [0.29, 0.717) is 5.92 Å². The molecule has 0 saturated carbocycles. The van der Waals surface area contributed by atoms with Gasteiger partial charge in [0.25, 0.3) is 0 Å². The molecule has 1 rings (SSSR count). The molecule has 2 heteroatoms. The van der Waals surface area contributed by atoms with E-state index >= 15 is 0 Å². The number of nitrogens with two attached hydrogens (primary N) is 1. The maximum Gasteiger partial charge on any atom is 0.0223 e. The third kappa shape index (κ3) is 5.85. The topological polar surface area (TPSA) is 38.0 Å². The Morgan fingerprint density at radius 1 is 1.18 bits per heavy atom. The van der Waals surface area contributed by atoms with E-state index in [2.05, 4.69) is 43.4 Å². The van der Waals surface area contributed by atoms with Gasteiger partial charge in [-0.25, -0.2) is 0 Å². The summed E-state index contributed by atoms with van der Waals surface area (Å²) in [4.78, 5) is 0. The molecule has 0 saturated heterocycles. The van der Waals surface area contributed by atoms with Crippen LogP contribution >= 0.6 is 0 Å². The normalized spacial score (nSPS) is 12.1. The molecule has 0 fully saturated rings. The van der Waals surface area contributed by atoms with Crippen molar-refractivity contribution in [1.29, 1.82) is 0 Å². The Balaban J connectivity index is 2.33. The minimum Gasteiger partial charge on any atom is -0.324 e. The third-order valence-corrected chi connectivity index (χ3v) is 2.82. The first-order chi connectivity index (χ1) is 7.88. The molecule has 0 heterocycles. The fourth-order valence-electron chi connectivity index (χ4n) is 1.71. The number of nitrogens with one attached hydrogen (secondary N) is 1. The van der Waals surface area contributed by atoms with Gasteiger partial charge in [0.1, 0.15) is 0 Å². The predicted octanol–water partition coefficient (Wildman–Crippen LogP) is 2.68. The molecule has 0 aromatic heterocycles. The molecule has 0 atom stereocenters. The van der Waals surface area contributed by atoms with Gasteiger partial charge in [-0.3, -0.25) is 0 Å². The number of benzene rings is 1. The maximum absolute atomic E-state index is 5.91. The van der Waals surface area contributed by atoms with Crippen LogP contribution in [0.4, 0.5) is 0 Å². The standard InChI is InChI=1S/C15H26N2/c1-12(2)14-7-5-13(6-8-14)9-10-17-11-15(3,4)16/h5-8,12,17H,9-11,16H2,1-4H3. The van der Waals surface area contributed by atoms with Crippen molar-refractivity contribution >= 4 is 0 Å². The highest BCUT2D eigenvalue weighted by Crippen LogP contribution is 2.14. The molecular weight excluding hydrogens is 208 g/mol. The summed E-state index contributed by atoms with van der Waals surface area (Å²) in [6.45, 7) is 10.4. The molecule has 0 aliphatic heterocycles. The SMILES string of the molecule is CC(C)c1ccc(CCNCC(C)(C)N)cc1. The summed E-state index contributed by atoms with van der Waals surface area (Å²) in [5, 5.41) is 3.39. The van der Waals surface area contributed by atoms with Crippen LogP contribution in [0.1, 0.15) is 44.7 Å². The summed E-state index contributed by atoms with van der Waals surface area (Å²) < 4.78 is 0. The zero-order valence-corrected chi connectivity index (χ0v) is 11.6. The Kier molecular flexibility index (Phi) is 5.16. The van der Waals surface area contributed by atoms with Crippen molar-refractivity contribution in [2.45, 2.75) is 45.6 Å². The first-order valence-electron chi connectivity index (χ1n) is 6.47. The number of rotatable bonds is 6. The molecule has 0 radical (unpaired) electrons. The highest BCUT2D eigenvalue weighted by atomic mass is 14.9. The van der Waals surface area contributed by atoms with E-state index in [4.69, 9.17) is 5.73 Å². The van der Waals surface area contributed by atoms with Crippen LogP contribution in [-0.2, 0) is 6.42 Å². The lowest BCUT2D eigenvalue weighted by atomic mass is 10.0. The van der Waals surface area contributed by atoms with Crippen molar-refractivity contribution < 1.29 is 0 Å². The predicted molar refractivity (Wildman–Crippen MR) is 75.4 cm³/mol. The van der Waals surface area contributed by atoms with Crippen LogP contribution in [0.25, 0.3) is 0 Å². The largest absolute Gasteiger partial charge is 0.324 e. The summed E-state index contributed by atoms with van der Waals surface area (Å²) >= 11 is 0. The third-order valence-electron chi connectivity index (χ3n) is 2.82. The Hall–Kier alpha value is -0.860. The molecule has 1 aromatic carbocycles. The second-order valence-corrected chi connectivity index (χ2v) is 5.81. The Morgan fingerprint density at radius 2 is 1.76 bits per heavy atom. The van der Waals surface area contributed by atoms with Gasteiger partial charge in [0.05, 0.1) is 0 Å². The van der Waals surface area contributed by atoms with Crippen molar-refractivity contribution in [2.24, 2.45) is 5.73 Å². The lowest BCUT2D eigenvalue weighted by Crippen LogP contribution is -2.43. The first kappa shape index (κ1) is 14.2. The van der Waals surface area contributed by atoms with Gasteiger partial charge in [-0.15, -0.1) is 0 Å². The van der Waals surface area contributed by atoms with Crippen LogP contribution in [0.5, 0.6) is 0 Å². The van der Waals surface area contributed by atoms with E-state index < -0.39 is 0 Å². The molecule has 0 spiro atoms. The van der Waals surface area contributed by atoms with Crippen molar-refractivity contribution in [3.8, 4) is 0 Å². The molecular formula is C15H26N2. The van der Waals surface area contributed by atoms with Crippen molar-refractivity contribution in [3.05, 3.63) is 35.4 Å². The van der Waals surface area contributed by atoms with Crippen LogP contribution in [0.3, 0.4) is 0 Å². The molecule has 0 amide bonds. The molecule has 1 aromatic rings. The smallest absolute Gasteiger partial charge is 0.0223 e. The van der Waals surface area contributed by atoms with Crippen LogP contribution in [-0.4, -0.2) is 18.6 Å². The van der Waals surface area contributed by atoms with E-state index in [0.717, 1.165) is 19.5 Å². The van der Waals surface area contributed by atoms with Gasteiger partial charge in [0, 0.05) is 12.1 Å². The van der Waals surface area contributed by atoms with E-state index in [9.17, 15) is 0 Å². The minimum absolute atomic E-state index is 0.124. The lowest BCUT2D eigenvalue weighted by molar-refractivity contribution is 0.469. The maximum atomic E-state index is 5.91. The molecule has 17 heavy (non-hydrogen) atoms. The molecule has 96 valence electrons. The Morgan fingerprint density at radius 3 is 2.24 bits per heavy atom. The van der Waals surface area contributed by atoms with Crippen molar-refractivity contribution in [2.75, 3.05) is 13.1 Å². The van der Waals surface area contributed by atoms with Crippen molar-refractivity contribution in [3.63, 3.8) is 0 Å². The average molecular weight is 234 g/mol. The van der Waals surface area contributed by atoms with Crippen LogP contribution in [0.15, 0.2) is 24.3 Å². The second-order valence-electron chi connectivity index (χ2n) is 5.81. The van der Waals surface area contributed by atoms with E-state index in [-0.39, 0.29) is 5.54 Å². The van der Waals surface area contributed by atoms with Crippen LogP contribution in [0, 0.1) is 0 Å². The molecule has 2 nitrogen and oxygen atoms in total. The molecule has 0 aliphatic carbocycles. The fourth-order valence-corrected chi connectivity index (χ4v) is 1.71. The lowest BCUT2D eigenvalue weighted by Gasteiger charge is -2.18. The number of hydrogen-bond donors (Lipinski definition) is 2.